The number of amides is 1. The minimum Gasteiger partial charge on any atom is -0.355 e. The molecule has 26 heavy (non-hydrogen) atoms. The van der Waals surface area contributed by atoms with Crippen LogP contribution >= 0.6 is 0 Å². The fourth-order valence-corrected chi connectivity index (χ4v) is 3.32. The van der Waals surface area contributed by atoms with E-state index in [-0.39, 0.29) is 17.5 Å². The number of carbonyl (C=O) groups is 1. The molecule has 0 aliphatic carbocycles. The lowest BCUT2D eigenvalue weighted by Gasteiger charge is -2.33. The van der Waals surface area contributed by atoms with Crippen molar-refractivity contribution in [1.29, 1.82) is 0 Å². The Labute approximate surface area is 149 Å². The highest BCUT2D eigenvalue weighted by Crippen LogP contribution is 2.30. The van der Waals surface area contributed by atoms with Gasteiger partial charge in [0.05, 0.1) is 17.3 Å². The standard InChI is InChI=1S/C18H18FN5O2/c1-11-15-16(20-10-21-18(15)26-23-11)24-8-4-5-12(9-24)17(25)22-14-7-3-2-6-13(14)19/h2-3,6-7,10,12H,4-5,8-9H2,1H3,(H,22,25). The highest BCUT2D eigenvalue weighted by molar-refractivity contribution is 5.94. The van der Waals surface area contributed by atoms with Crippen molar-refractivity contribution in [3.8, 4) is 0 Å². The Bertz CT molecular complexity index is 958. The van der Waals surface area contributed by atoms with Crippen LogP contribution < -0.4 is 10.2 Å². The van der Waals surface area contributed by atoms with Crippen molar-refractivity contribution in [3.63, 3.8) is 0 Å². The summed E-state index contributed by atoms with van der Waals surface area (Å²) in [5.74, 6) is -0.163. The Morgan fingerprint density at radius 2 is 2.19 bits per heavy atom. The first-order chi connectivity index (χ1) is 12.6. The maximum Gasteiger partial charge on any atom is 0.263 e. The van der Waals surface area contributed by atoms with Crippen LogP contribution in [0, 0.1) is 18.7 Å². The number of benzene rings is 1. The number of halogens is 1. The summed E-state index contributed by atoms with van der Waals surface area (Å²) in [5.41, 5.74) is 1.35. The van der Waals surface area contributed by atoms with E-state index in [1.807, 2.05) is 11.8 Å². The summed E-state index contributed by atoms with van der Waals surface area (Å²) >= 11 is 0. The third kappa shape index (κ3) is 2.98. The fraction of sp³-hybridized carbons (Fsp3) is 0.333. The Balaban J connectivity index is 1.55. The molecule has 0 bridgehead atoms. The zero-order valence-corrected chi connectivity index (χ0v) is 14.3. The second-order valence-electron chi connectivity index (χ2n) is 6.40. The van der Waals surface area contributed by atoms with Crippen LogP contribution in [0.2, 0.25) is 0 Å². The van der Waals surface area contributed by atoms with E-state index < -0.39 is 5.82 Å². The molecule has 3 aromatic rings. The summed E-state index contributed by atoms with van der Waals surface area (Å²) in [5, 5.41) is 7.40. The molecule has 1 amide bonds. The summed E-state index contributed by atoms with van der Waals surface area (Å²) in [6.07, 6.45) is 3.02. The smallest absolute Gasteiger partial charge is 0.263 e. The van der Waals surface area contributed by atoms with E-state index >= 15 is 0 Å². The molecule has 1 fully saturated rings. The number of para-hydroxylation sites is 1. The molecule has 1 aliphatic heterocycles. The predicted octanol–water partition coefficient (Wildman–Crippen LogP) is 2.92. The summed E-state index contributed by atoms with van der Waals surface area (Å²) in [6, 6.07) is 6.17. The molecule has 134 valence electrons. The SMILES string of the molecule is Cc1noc2ncnc(N3CCCC(C(=O)Nc4ccccc4F)C3)c12. The summed E-state index contributed by atoms with van der Waals surface area (Å²) in [7, 11) is 0. The van der Waals surface area contributed by atoms with Crippen molar-refractivity contribution >= 4 is 28.5 Å². The normalized spacial score (nSPS) is 17.5. The first-order valence-corrected chi connectivity index (χ1v) is 8.51. The number of aromatic nitrogens is 3. The third-order valence-electron chi connectivity index (χ3n) is 4.65. The van der Waals surface area contributed by atoms with Crippen molar-refractivity contribution in [2.24, 2.45) is 5.92 Å². The molecule has 0 spiro atoms. The molecule has 1 atom stereocenters. The molecule has 8 heteroatoms. The quantitative estimate of drug-likeness (QED) is 0.778. The average Bonchev–Trinajstić information content (AvgIpc) is 3.05. The highest BCUT2D eigenvalue weighted by Gasteiger charge is 2.29. The van der Waals surface area contributed by atoms with Gasteiger partial charge in [-0.15, -0.1) is 0 Å². The first kappa shape index (κ1) is 16.4. The number of rotatable bonds is 3. The summed E-state index contributed by atoms with van der Waals surface area (Å²) in [6.45, 7) is 3.11. The zero-order valence-electron chi connectivity index (χ0n) is 14.3. The number of carbonyl (C=O) groups excluding carboxylic acids is 1. The van der Waals surface area contributed by atoms with E-state index in [1.165, 1.54) is 12.4 Å². The molecule has 0 saturated carbocycles. The van der Waals surface area contributed by atoms with Crippen molar-refractivity contribution in [1.82, 2.24) is 15.1 Å². The van der Waals surface area contributed by atoms with Crippen molar-refractivity contribution in [2.75, 3.05) is 23.3 Å². The molecule has 3 heterocycles. The Kier molecular flexibility index (Phi) is 4.24. The lowest BCUT2D eigenvalue weighted by Crippen LogP contribution is -2.41. The van der Waals surface area contributed by atoms with E-state index in [0.717, 1.165) is 30.6 Å². The lowest BCUT2D eigenvalue weighted by molar-refractivity contribution is -0.120. The van der Waals surface area contributed by atoms with E-state index in [4.69, 9.17) is 4.52 Å². The monoisotopic (exact) mass is 355 g/mol. The van der Waals surface area contributed by atoms with Gasteiger partial charge in [0.15, 0.2) is 0 Å². The molecule has 1 aliphatic rings. The number of anilines is 2. The van der Waals surface area contributed by atoms with Crippen LogP contribution in [0.4, 0.5) is 15.9 Å². The van der Waals surface area contributed by atoms with E-state index in [0.29, 0.717) is 18.0 Å². The molecular weight excluding hydrogens is 337 g/mol. The zero-order chi connectivity index (χ0) is 18.1. The van der Waals surface area contributed by atoms with Gasteiger partial charge in [0.25, 0.3) is 5.71 Å². The fourth-order valence-electron chi connectivity index (χ4n) is 3.32. The van der Waals surface area contributed by atoms with Gasteiger partial charge in [0.1, 0.15) is 23.3 Å². The second-order valence-corrected chi connectivity index (χ2v) is 6.40. The van der Waals surface area contributed by atoms with Gasteiger partial charge in [0.2, 0.25) is 5.91 Å². The van der Waals surface area contributed by atoms with Crippen LogP contribution in [0.15, 0.2) is 35.1 Å². The van der Waals surface area contributed by atoms with Crippen LogP contribution in [0.25, 0.3) is 11.1 Å². The summed E-state index contributed by atoms with van der Waals surface area (Å²) in [4.78, 5) is 23.1. The minimum atomic E-state index is -0.439. The average molecular weight is 355 g/mol. The Morgan fingerprint density at radius 1 is 1.35 bits per heavy atom. The first-order valence-electron chi connectivity index (χ1n) is 8.51. The van der Waals surface area contributed by atoms with Gasteiger partial charge in [-0.2, -0.15) is 4.98 Å². The van der Waals surface area contributed by atoms with Crippen molar-refractivity contribution in [3.05, 3.63) is 42.1 Å². The maximum absolute atomic E-state index is 13.8. The van der Waals surface area contributed by atoms with Gasteiger partial charge < -0.3 is 14.7 Å². The van der Waals surface area contributed by atoms with Crippen LogP contribution in [-0.2, 0) is 4.79 Å². The lowest BCUT2D eigenvalue weighted by atomic mass is 9.96. The molecule has 4 rings (SSSR count). The number of nitrogens with zero attached hydrogens (tertiary/aromatic N) is 4. The van der Waals surface area contributed by atoms with Gasteiger partial charge in [-0.05, 0) is 31.9 Å². The highest BCUT2D eigenvalue weighted by atomic mass is 19.1. The molecule has 1 saturated heterocycles. The number of aryl methyl sites for hydroxylation is 1. The third-order valence-corrected chi connectivity index (χ3v) is 4.65. The molecule has 1 unspecified atom stereocenters. The topological polar surface area (TPSA) is 84.2 Å². The van der Waals surface area contributed by atoms with Crippen LogP contribution in [0.5, 0.6) is 0 Å². The van der Waals surface area contributed by atoms with E-state index in [2.05, 4.69) is 20.4 Å². The number of piperidine rings is 1. The van der Waals surface area contributed by atoms with Gasteiger partial charge in [-0.1, -0.05) is 17.3 Å². The van der Waals surface area contributed by atoms with E-state index in [1.54, 1.807) is 18.2 Å². The van der Waals surface area contributed by atoms with Gasteiger partial charge in [-0.3, -0.25) is 4.79 Å². The van der Waals surface area contributed by atoms with Gasteiger partial charge in [-0.25, -0.2) is 9.37 Å². The van der Waals surface area contributed by atoms with E-state index in [9.17, 15) is 9.18 Å². The van der Waals surface area contributed by atoms with Gasteiger partial charge in [0, 0.05) is 13.1 Å². The molecule has 1 aromatic carbocycles. The molecule has 1 N–H and O–H groups in total. The predicted molar refractivity (Wildman–Crippen MR) is 94.3 cm³/mol. The van der Waals surface area contributed by atoms with Crippen LogP contribution in [-0.4, -0.2) is 34.1 Å². The number of fused-ring (bicyclic) bond motifs is 1. The largest absolute Gasteiger partial charge is 0.355 e. The van der Waals surface area contributed by atoms with Crippen LogP contribution in [0.3, 0.4) is 0 Å². The maximum atomic E-state index is 13.8. The Morgan fingerprint density at radius 3 is 3.04 bits per heavy atom. The molecular formula is C18H18FN5O2. The number of hydrogen-bond acceptors (Lipinski definition) is 6. The molecule has 0 radical (unpaired) electrons. The van der Waals surface area contributed by atoms with Crippen molar-refractivity contribution in [2.45, 2.75) is 19.8 Å². The second kappa shape index (κ2) is 6.70. The molecule has 2 aromatic heterocycles. The molecule has 7 nitrogen and oxygen atoms in total. The Hall–Kier alpha value is -3.03. The van der Waals surface area contributed by atoms with Crippen molar-refractivity contribution < 1.29 is 13.7 Å². The number of hydrogen-bond donors (Lipinski definition) is 1. The van der Waals surface area contributed by atoms with Gasteiger partial charge >= 0.3 is 0 Å². The summed E-state index contributed by atoms with van der Waals surface area (Å²) < 4.78 is 19.0. The number of nitrogens with one attached hydrogen (secondary N) is 1. The minimum absolute atomic E-state index is 0.188. The van der Waals surface area contributed by atoms with Crippen LogP contribution in [0.1, 0.15) is 18.5 Å².